The number of nitro groups is 1. The van der Waals surface area contributed by atoms with Crippen LogP contribution in [0.5, 0.6) is 5.75 Å². The molecule has 3 aromatic rings. The first-order valence-electron chi connectivity index (χ1n) is 10.8. The van der Waals surface area contributed by atoms with E-state index >= 15 is 0 Å². The molecule has 1 fully saturated rings. The number of aryl methyl sites for hydroxylation is 1. The summed E-state index contributed by atoms with van der Waals surface area (Å²) in [7, 11) is 0. The summed E-state index contributed by atoms with van der Waals surface area (Å²) in [6.45, 7) is 2.20. The van der Waals surface area contributed by atoms with Gasteiger partial charge in [0.05, 0.1) is 10.6 Å². The van der Waals surface area contributed by atoms with Gasteiger partial charge in [-0.2, -0.15) is 0 Å². The number of thiocarbonyl (C=S) groups is 1. The zero-order valence-electron chi connectivity index (χ0n) is 18.8. The third-order valence-corrected chi connectivity index (χ3v) is 5.71. The summed E-state index contributed by atoms with van der Waals surface area (Å²) in [6, 6.07) is 20.5. The Hall–Kier alpha value is -4.37. The predicted octanol–water partition coefficient (Wildman–Crippen LogP) is 4.57. The number of nitro benzene ring substituents is 1. The average molecular weight is 488 g/mol. The van der Waals surface area contributed by atoms with Crippen molar-refractivity contribution in [1.82, 2.24) is 5.32 Å². The molecule has 8 nitrogen and oxygen atoms in total. The van der Waals surface area contributed by atoms with Crippen molar-refractivity contribution < 1.29 is 19.2 Å². The average Bonchev–Trinajstić information content (AvgIpc) is 2.86. The second-order valence-electron chi connectivity index (χ2n) is 7.76. The molecular weight excluding hydrogens is 466 g/mol. The zero-order chi connectivity index (χ0) is 24.9. The van der Waals surface area contributed by atoms with E-state index in [4.69, 9.17) is 17.0 Å². The number of non-ortho nitro benzene ring substituents is 1. The Morgan fingerprint density at radius 1 is 1.03 bits per heavy atom. The molecule has 0 saturated carbocycles. The molecule has 0 aromatic heterocycles. The van der Waals surface area contributed by atoms with Gasteiger partial charge in [-0.1, -0.05) is 43.3 Å². The highest BCUT2D eigenvalue weighted by molar-refractivity contribution is 7.80. The van der Waals surface area contributed by atoms with Crippen molar-refractivity contribution in [2.75, 3.05) is 4.90 Å². The highest BCUT2D eigenvalue weighted by Gasteiger charge is 2.34. The Morgan fingerprint density at radius 3 is 2.40 bits per heavy atom. The van der Waals surface area contributed by atoms with E-state index in [0.717, 1.165) is 12.0 Å². The van der Waals surface area contributed by atoms with Crippen molar-refractivity contribution >= 4 is 46.6 Å². The second-order valence-corrected chi connectivity index (χ2v) is 8.15. The van der Waals surface area contributed by atoms with E-state index in [-0.39, 0.29) is 23.0 Å². The van der Waals surface area contributed by atoms with Gasteiger partial charge < -0.3 is 4.74 Å². The molecule has 0 aliphatic carbocycles. The second kappa shape index (κ2) is 10.3. The maximum Gasteiger partial charge on any atom is 0.270 e. The van der Waals surface area contributed by atoms with Crippen LogP contribution >= 0.6 is 12.2 Å². The third kappa shape index (κ3) is 5.42. The molecule has 3 aromatic carbocycles. The van der Waals surface area contributed by atoms with Crippen molar-refractivity contribution in [2.24, 2.45) is 0 Å². The summed E-state index contributed by atoms with van der Waals surface area (Å²) >= 11 is 5.24. The van der Waals surface area contributed by atoms with Gasteiger partial charge in [0.1, 0.15) is 17.9 Å². The van der Waals surface area contributed by atoms with Gasteiger partial charge in [0, 0.05) is 12.1 Å². The molecular formula is C26H21N3O5S. The standard InChI is InChI=1S/C26H21N3O5S/c1-2-17-6-10-20(11-7-17)28-25(31)23(24(30)27-26(28)35)15-18-8-12-22(13-9-18)34-16-19-4-3-5-21(14-19)29(32)33/h3-15H,2,16H2,1H3,(H,27,30,35). The molecule has 1 N–H and O–H groups in total. The number of rotatable bonds is 7. The number of amides is 2. The molecule has 0 radical (unpaired) electrons. The van der Waals surface area contributed by atoms with Crippen molar-refractivity contribution in [3.8, 4) is 5.75 Å². The minimum Gasteiger partial charge on any atom is -0.489 e. The van der Waals surface area contributed by atoms with Gasteiger partial charge in [0.25, 0.3) is 17.5 Å². The lowest BCUT2D eigenvalue weighted by Crippen LogP contribution is -2.54. The van der Waals surface area contributed by atoms with Gasteiger partial charge in [-0.25, -0.2) is 0 Å². The largest absolute Gasteiger partial charge is 0.489 e. The van der Waals surface area contributed by atoms with Crippen LogP contribution in [0.3, 0.4) is 0 Å². The minimum atomic E-state index is -0.563. The van der Waals surface area contributed by atoms with Crippen LogP contribution in [0.25, 0.3) is 6.08 Å². The van der Waals surface area contributed by atoms with Gasteiger partial charge in [-0.3, -0.25) is 29.9 Å². The van der Waals surface area contributed by atoms with Crippen LogP contribution in [0, 0.1) is 10.1 Å². The Kier molecular flexibility index (Phi) is 6.98. The number of nitrogens with one attached hydrogen (secondary N) is 1. The predicted molar refractivity (Wildman–Crippen MR) is 136 cm³/mol. The molecule has 1 aliphatic heterocycles. The maximum absolute atomic E-state index is 13.1. The lowest BCUT2D eigenvalue weighted by atomic mass is 10.1. The highest BCUT2D eigenvalue weighted by Crippen LogP contribution is 2.24. The Bertz CT molecular complexity index is 1330. The summed E-state index contributed by atoms with van der Waals surface area (Å²) in [5.74, 6) is -0.529. The molecule has 1 aliphatic rings. The summed E-state index contributed by atoms with van der Waals surface area (Å²) in [6.07, 6.45) is 2.36. The van der Waals surface area contributed by atoms with E-state index in [1.54, 1.807) is 48.5 Å². The molecule has 0 spiro atoms. The normalized spacial score (nSPS) is 14.7. The van der Waals surface area contributed by atoms with Crippen LogP contribution in [0.15, 0.2) is 78.4 Å². The first-order chi connectivity index (χ1) is 16.9. The van der Waals surface area contributed by atoms with Gasteiger partial charge in [0.2, 0.25) is 0 Å². The van der Waals surface area contributed by atoms with E-state index in [1.165, 1.54) is 23.1 Å². The maximum atomic E-state index is 13.1. The number of benzene rings is 3. The first-order valence-corrected chi connectivity index (χ1v) is 11.2. The fourth-order valence-electron chi connectivity index (χ4n) is 3.53. The summed E-state index contributed by atoms with van der Waals surface area (Å²) in [4.78, 5) is 37.4. The van der Waals surface area contributed by atoms with Crippen LogP contribution in [0.1, 0.15) is 23.6 Å². The van der Waals surface area contributed by atoms with E-state index in [0.29, 0.717) is 22.6 Å². The van der Waals surface area contributed by atoms with Gasteiger partial charge in [-0.15, -0.1) is 0 Å². The molecule has 176 valence electrons. The third-order valence-electron chi connectivity index (χ3n) is 5.42. The van der Waals surface area contributed by atoms with E-state index < -0.39 is 16.7 Å². The molecule has 1 heterocycles. The molecule has 1 saturated heterocycles. The highest BCUT2D eigenvalue weighted by atomic mass is 32.1. The van der Waals surface area contributed by atoms with Crippen LogP contribution in [-0.2, 0) is 22.6 Å². The Balaban J connectivity index is 1.49. The number of anilines is 1. The molecule has 0 unspecified atom stereocenters. The topological polar surface area (TPSA) is 102 Å². The molecule has 9 heteroatoms. The molecule has 0 atom stereocenters. The summed E-state index contributed by atoms with van der Waals surface area (Å²) < 4.78 is 5.71. The molecule has 0 bridgehead atoms. The molecule has 4 rings (SSSR count). The SMILES string of the molecule is CCc1ccc(N2C(=O)C(=Cc3ccc(OCc4cccc([N+](=O)[O-])c4)cc3)C(=O)NC2=S)cc1. The quantitative estimate of drug-likeness (QED) is 0.172. The molecule has 2 amide bonds. The Labute approximate surface area is 207 Å². The van der Waals surface area contributed by atoms with Crippen LogP contribution < -0.4 is 15.0 Å². The van der Waals surface area contributed by atoms with Gasteiger partial charge in [-0.05, 0) is 65.7 Å². The fourth-order valence-corrected chi connectivity index (χ4v) is 3.81. The Morgan fingerprint density at radius 2 is 1.74 bits per heavy atom. The lowest BCUT2D eigenvalue weighted by Gasteiger charge is -2.29. The molecule has 35 heavy (non-hydrogen) atoms. The number of nitrogens with zero attached hydrogens (tertiary/aromatic N) is 2. The van der Waals surface area contributed by atoms with Crippen molar-refractivity contribution in [1.29, 1.82) is 0 Å². The summed E-state index contributed by atoms with van der Waals surface area (Å²) in [5.41, 5.74) is 2.95. The number of hydrogen-bond acceptors (Lipinski definition) is 6. The number of carbonyl (C=O) groups is 2. The van der Waals surface area contributed by atoms with E-state index in [2.05, 4.69) is 5.32 Å². The van der Waals surface area contributed by atoms with Crippen LogP contribution in [0.4, 0.5) is 11.4 Å². The monoisotopic (exact) mass is 487 g/mol. The van der Waals surface area contributed by atoms with Gasteiger partial charge in [0.15, 0.2) is 5.11 Å². The minimum absolute atomic E-state index is 0.00155. The van der Waals surface area contributed by atoms with E-state index in [9.17, 15) is 19.7 Å². The van der Waals surface area contributed by atoms with Crippen molar-refractivity contribution in [2.45, 2.75) is 20.0 Å². The van der Waals surface area contributed by atoms with Gasteiger partial charge >= 0.3 is 0 Å². The summed E-state index contributed by atoms with van der Waals surface area (Å²) in [5, 5.41) is 13.5. The zero-order valence-corrected chi connectivity index (χ0v) is 19.6. The fraction of sp³-hybridized carbons (Fsp3) is 0.115. The van der Waals surface area contributed by atoms with Crippen LogP contribution in [-0.4, -0.2) is 21.9 Å². The number of hydrogen-bond donors (Lipinski definition) is 1. The van der Waals surface area contributed by atoms with Crippen molar-refractivity contribution in [3.63, 3.8) is 0 Å². The first kappa shape index (κ1) is 23.8. The van der Waals surface area contributed by atoms with E-state index in [1.807, 2.05) is 19.1 Å². The lowest BCUT2D eigenvalue weighted by molar-refractivity contribution is -0.384. The smallest absolute Gasteiger partial charge is 0.270 e. The number of carbonyl (C=O) groups excluding carboxylic acids is 2. The number of ether oxygens (including phenoxy) is 1. The van der Waals surface area contributed by atoms with Crippen molar-refractivity contribution in [3.05, 3.63) is 105 Å². The van der Waals surface area contributed by atoms with Crippen LogP contribution in [0.2, 0.25) is 0 Å².